The van der Waals surface area contributed by atoms with Crippen LogP contribution >= 0.6 is 34.9 Å². The molecule has 2 aromatic heterocycles. The van der Waals surface area contributed by atoms with Crippen LogP contribution in [0.3, 0.4) is 0 Å². The highest BCUT2D eigenvalue weighted by Crippen LogP contribution is 2.31. The fourth-order valence-electron chi connectivity index (χ4n) is 2.26. The Morgan fingerprint density at radius 3 is 2.95 bits per heavy atom. The van der Waals surface area contributed by atoms with Gasteiger partial charge in [-0.3, -0.25) is 0 Å². The molecule has 0 spiro atoms. The Labute approximate surface area is 137 Å². The van der Waals surface area contributed by atoms with Gasteiger partial charge in [0.05, 0.1) is 5.39 Å². The lowest BCUT2D eigenvalue weighted by Crippen LogP contribution is -2.23. The van der Waals surface area contributed by atoms with E-state index in [0.29, 0.717) is 11.2 Å². The summed E-state index contributed by atoms with van der Waals surface area (Å²) in [6.45, 7) is 3.16. The molecule has 7 heteroatoms. The van der Waals surface area contributed by atoms with E-state index in [9.17, 15) is 0 Å². The van der Waals surface area contributed by atoms with Gasteiger partial charge in [-0.05, 0) is 12.5 Å². The number of hydrogen-bond acceptors (Lipinski definition) is 7. The monoisotopic (exact) mass is 340 g/mol. The summed E-state index contributed by atoms with van der Waals surface area (Å²) in [5, 5.41) is 8.44. The summed E-state index contributed by atoms with van der Waals surface area (Å²) in [6, 6.07) is 2.23. The molecule has 4 nitrogen and oxygen atoms in total. The summed E-state index contributed by atoms with van der Waals surface area (Å²) in [7, 11) is 1.87. The summed E-state index contributed by atoms with van der Waals surface area (Å²) in [6.07, 6.45) is 1.05. The Kier molecular flexibility index (Phi) is 5.13. The molecule has 0 amide bonds. The number of rotatable bonds is 5. The average Bonchev–Trinajstić information content (AvgIpc) is 2.96. The molecule has 1 unspecified atom stereocenters. The van der Waals surface area contributed by atoms with E-state index in [1.54, 1.807) is 11.3 Å². The van der Waals surface area contributed by atoms with Crippen LogP contribution in [-0.2, 0) is 6.42 Å². The van der Waals surface area contributed by atoms with Crippen molar-refractivity contribution in [2.45, 2.75) is 18.6 Å². The fraction of sp³-hybridized carbons (Fsp3) is 0.571. The molecule has 3 heterocycles. The maximum Gasteiger partial charge on any atom is 0.225 e. The van der Waals surface area contributed by atoms with E-state index >= 15 is 0 Å². The summed E-state index contributed by atoms with van der Waals surface area (Å²) >= 11 is 5.88. The van der Waals surface area contributed by atoms with Gasteiger partial charge in [0, 0.05) is 41.0 Å². The van der Waals surface area contributed by atoms with E-state index in [0.717, 1.165) is 29.0 Å². The lowest BCUT2D eigenvalue weighted by atomic mass is 10.3. The lowest BCUT2D eigenvalue weighted by Gasteiger charge is -2.21. The van der Waals surface area contributed by atoms with Crippen LogP contribution in [0, 0.1) is 0 Å². The van der Waals surface area contributed by atoms with Crippen LogP contribution < -0.4 is 10.6 Å². The number of hydrogen-bond donors (Lipinski definition) is 2. The molecule has 1 atom stereocenters. The summed E-state index contributed by atoms with van der Waals surface area (Å²) in [5.41, 5.74) is 0. The molecule has 1 aliphatic rings. The summed E-state index contributed by atoms with van der Waals surface area (Å²) < 4.78 is 0. The van der Waals surface area contributed by atoms with Crippen LogP contribution in [0.25, 0.3) is 10.2 Å². The standard InChI is InChI=1S/C14H20N4S3/c1-3-9-6-11-12(16-7-10-8-19-4-5-20-10)17-14(15-2)18-13(11)21-9/h6,10H,3-5,7-8H2,1-2H3,(H2,15,16,17,18). The average molecular weight is 341 g/mol. The Hall–Kier alpha value is -0.660. The fourth-order valence-corrected chi connectivity index (χ4v) is 5.84. The molecule has 2 N–H and O–H groups in total. The SMILES string of the molecule is CCc1cc2c(NCC3CSCCS3)nc(NC)nc2s1. The van der Waals surface area contributed by atoms with Gasteiger partial charge < -0.3 is 10.6 Å². The zero-order chi connectivity index (χ0) is 14.7. The molecular weight excluding hydrogens is 320 g/mol. The quantitative estimate of drug-likeness (QED) is 0.868. The van der Waals surface area contributed by atoms with E-state index in [1.807, 2.05) is 7.05 Å². The van der Waals surface area contributed by atoms with Crippen LogP contribution in [0.15, 0.2) is 6.07 Å². The maximum absolute atomic E-state index is 4.61. The van der Waals surface area contributed by atoms with E-state index in [-0.39, 0.29) is 0 Å². The second kappa shape index (κ2) is 7.07. The highest BCUT2D eigenvalue weighted by Gasteiger charge is 2.16. The van der Waals surface area contributed by atoms with Gasteiger partial charge in [-0.1, -0.05) is 6.92 Å². The van der Waals surface area contributed by atoms with Gasteiger partial charge in [0.2, 0.25) is 5.95 Å². The predicted octanol–water partition coefficient (Wildman–Crippen LogP) is 3.56. The zero-order valence-corrected chi connectivity index (χ0v) is 14.8. The first-order valence-electron chi connectivity index (χ1n) is 7.21. The van der Waals surface area contributed by atoms with Crippen LogP contribution in [0.5, 0.6) is 0 Å². The Balaban J connectivity index is 1.82. The van der Waals surface area contributed by atoms with Crippen molar-refractivity contribution in [1.82, 2.24) is 9.97 Å². The predicted molar refractivity (Wildman–Crippen MR) is 98.4 cm³/mol. The second-order valence-corrected chi connectivity index (χ2v) is 8.55. The number of nitrogens with one attached hydrogen (secondary N) is 2. The van der Waals surface area contributed by atoms with Crippen molar-refractivity contribution in [2.24, 2.45) is 0 Å². The third kappa shape index (κ3) is 3.57. The molecule has 0 aromatic carbocycles. The van der Waals surface area contributed by atoms with Crippen molar-refractivity contribution in [2.75, 3.05) is 41.5 Å². The minimum atomic E-state index is 0.677. The normalized spacial score (nSPS) is 18.9. The maximum atomic E-state index is 4.61. The largest absolute Gasteiger partial charge is 0.368 e. The first-order chi connectivity index (χ1) is 10.3. The van der Waals surface area contributed by atoms with Crippen molar-refractivity contribution >= 4 is 56.8 Å². The molecule has 0 radical (unpaired) electrons. The first-order valence-corrected chi connectivity index (χ1v) is 10.2. The molecule has 114 valence electrons. The van der Waals surface area contributed by atoms with E-state index in [4.69, 9.17) is 0 Å². The molecule has 1 saturated heterocycles. The first kappa shape index (κ1) is 15.2. The number of fused-ring (bicyclic) bond motifs is 1. The smallest absolute Gasteiger partial charge is 0.225 e. The molecule has 0 saturated carbocycles. The second-order valence-electron chi connectivity index (χ2n) is 4.88. The van der Waals surface area contributed by atoms with Gasteiger partial charge in [0.25, 0.3) is 0 Å². The van der Waals surface area contributed by atoms with Gasteiger partial charge in [-0.15, -0.1) is 11.3 Å². The molecule has 0 bridgehead atoms. The van der Waals surface area contributed by atoms with Crippen molar-refractivity contribution in [3.05, 3.63) is 10.9 Å². The lowest BCUT2D eigenvalue weighted by molar-refractivity contribution is 0.994. The third-order valence-electron chi connectivity index (χ3n) is 3.40. The van der Waals surface area contributed by atoms with Gasteiger partial charge >= 0.3 is 0 Å². The molecule has 1 aliphatic heterocycles. The van der Waals surface area contributed by atoms with E-state index in [2.05, 4.69) is 57.1 Å². The Bertz CT molecular complexity index is 608. The minimum Gasteiger partial charge on any atom is -0.368 e. The Morgan fingerprint density at radius 1 is 1.33 bits per heavy atom. The Morgan fingerprint density at radius 2 is 2.24 bits per heavy atom. The van der Waals surface area contributed by atoms with Gasteiger partial charge in [-0.2, -0.15) is 28.5 Å². The summed E-state index contributed by atoms with van der Waals surface area (Å²) in [5.74, 6) is 5.44. The van der Waals surface area contributed by atoms with Gasteiger partial charge in [0.15, 0.2) is 0 Å². The third-order valence-corrected chi connectivity index (χ3v) is 7.42. The number of aryl methyl sites for hydroxylation is 1. The topological polar surface area (TPSA) is 49.8 Å². The van der Waals surface area contributed by atoms with Crippen molar-refractivity contribution in [3.8, 4) is 0 Å². The molecule has 2 aromatic rings. The number of aromatic nitrogens is 2. The van der Waals surface area contributed by atoms with Crippen LogP contribution in [0.2, 0.25) is 0 Å². The van der Waals surface area contributed by atoms with Crippen molar-refractivity contribution < 1.29 is 0 Å². The minimum absolute atomic E-state index is 0.677. The highest BCUT2D eigenvalue weighted by atomic mass is 32.2. The number of thiophene rings is 1. The molecule has 21 heavy (non-hydrogen) atoms. The zero-order valence-electron chi connectivity index (χ0n) is 12.3. The number of anilines is 2. The molecular formula is C14H20N4S3. The molecule has 3 rings (SSSR count). The van der Waals surface area contributed by atoms with E-state index < -0.39 is 0 Å². The number of nitrogens with zero attached hydrogens (tertiary/aromatic N) is 2. The van der Waals surface area contributed by atoms with Crippen LogP contribution in [0.4, 0.5) is 11.8 Å². The van der Waals surface area contributed by atoms with Crippen LogP contribution in [0.1, 0.15) is 11.8 Å². The van der Waals surface area contributed by atoms with E-state index in [1.165, 1.54) is 22.1 Å². The highest BCUT2D eigenvalue weighted by molar-refractivity contribution is 8.06. The molecule has 0 aliphatic carbocycles. The summed E-state index contributed by atoms with van der Waals surface area (Å²) in [4.78, 5) is 11.6. The van der Waals surface area contributed by atoms with Crippen molar-refractivity contribution in [3.63, 3.8) is 0 Å². The van der Waals surface area contributed by atoms with Gasteiger partial charge in [-0.25, -0.2) is 4.98 Å². The molecule has 1 fully saturated rings. The van der Waals surface area contributed by atoms with Gasteiger partial charge in [0.1, 0.15) is 10.6 Å². The van der Waals surface area contributed by atoms with Crippen LogP contribution in [-0.4, -0.2) is 46.1 Å². The van der Waals surface area contributed by atoms with Crippen molar-refractivity contribution in [1.29, 1.82) is 0 Å². The number of thioether (sulfide) groups is 2.